The molecule has 3 heterocycles. The minimum atomic E-state index is -0.705. The Hall–Kier alpha value is -4.45. The van der Waals surface area contributed by atoms with Crippen LogP contribution in [0.4, 0.5) is 21.9 Å². The number of amides is 3. The summed E-state index contributed by atoms with van der Waals surface area (Å²) in [5.74, 6) is -0.00264. The third-order valence-corrected chi connectivity index (χ3v) is 7.59. The van der Waals surface area contributed by atoms with Gasteiger partial charge in [0.05, 0.1) is 12.0 Å². The van der Waals surface area contributed by atoms with Crippen molar-refractivity contribution in [1.29, 1.82) is 0 Å². The predicted molar refractivity (Wildman–Crippen MR) is 148 cm³/mol. The van der Waals surface area contributed by atoms with Gasteiger partial charge in [-0.05, 0) is 62.1 Å². The Bertz CT molecular complexity index is 1290. The molecule has 2 aromatic carbocycles. The van der Waals surface area contributed by atoms with Gasteiger partial charge in [-0.25, -0.2) is 4.79 Å². The lowest BCUT2D eigenvalue weighted by atomic mass is 9.82. The topological polar surface area (TPSA) is 102 Å². The molecule has 2 aromatic rings. The van der Waals surface area contributed by atoms with Gasteiger partial charge in [-0.3, -0.25) is 9.59 Å². The maximum absolute atomic E-state index is 13.9. The molecule has 0 spiro atoms. The van der Waals surface area contributed by atoms with E-state index >= 15 is 0 Å². The van der Waals surface area contributed by atoms with Crippen LogP contribution in [-0.4, -0.2) is 66.7 Å². The Kier molecular flexibility index (Phi) is 7.73. The van der Waals surface area contributed by atoms with E-state index in [9.17, 15) is 19.5 Å². The average molecular weight is 529 g/mol. The van der Waals surface area contributed by atoms with Gasteiger partial charge in [-0.1, -0.05) is 24.1 Å². The number of rotatable bonds is 5. The second-order valence-electron chi connectivity index (χ2n) is 9.99. The summed E-state index contributed by atoms with van der Waals surface area (Å²) in [6.45, 7) is 2.23. The minimum absolute atomic E-state index is 0.0810. The monoisotopic (exact) mass is 528 g/mol. The van der Waals surface area contributed by atoms with Crippen LogP contribution in [0.3, 0.4) is 0 Å². The molecule has 2 saturated heterocycles. The van der Waals surface area contributed by atoms with Crippen molar-refractivity contribution in [2.24, 2.45) is 5.92 Å². The molecule has 2 atom stereocenters. The molecule has 0 bridgehead atoms. The Morgan fingerprint density at radius 1 is 1.00 bits per heavy atom. The molecule has 39 heavy (non-hydrogen) atoms. The fourth-order valence-corrected chi connectivity index (χ4v) is 5.66. The van der Waals surface area contributed by atoms with E-state index in [0.29, 0.717) is 24.3 Å². The fraction of sp³-hybridized carbons (Fsp3) is 0.367. The number of hydrogen-bond acceptors (Lipinski definition) is 6. The molecule has 202 valence electrons. The van der Waals surface area contributed by atoms with Crippen molar-refractivity contribution in [3.8, 4) is 12.3 Å². The van der Waals surface area contributed by atoms with Crippen LogP contribution in [0.5, 0.6) is 0 Å². The average Bonchev–Trinajstić information content (AvgIpc) is 2.97. The summed E-state index contributed by atoms with van der Waals surface area (Å²) in [4.78, 5) is 45.1. The molecule has 9 heteroatoms. The molecule has 0 aliphatic carbocycles. The summed E-state index contributed by atoms with van der Waals surface area (Å²) in [5.41, 5.74) is 1.89. The van der Waals surface area contributed by atoms with Gasteiger partial charge < -0.3 is 29.9 Å². The van der Waals surface area contributed by atoms with Crippen molar-refractivity contribution in [2.45, 2.75) is 31.7 Å². The van der Waals surface area contributed by atoms with Crippen LogP contribution in [0, 0.1) is 18.3 Å². The molecular weight excluding hydrogens is 496 g/mol. The van der Waals surface area contributed by atoms with Crippen LogP contribution in [0.1, 0.15) is 25.7 Å². The smallest absolute Gasteiger partial charge is 0.410 e. The Labute approximate surface area is 228 Å². The van der Waals surface area contributed by atoms with Gasteiger partial charge in [-0.2, -0.15) is 0 Å². The first-order valence-electron chi connectivity index (χ1n) is 13.3. The number of terminal acetylenes is 1. The molecule has 0 radical (unpaired) electrons. The van der Waals surface area contributed by atoms with E-state index < -0.39 is 29.9 Å². The highest BCUT2D eigenvalue weighted by Crippen LogP contribution is 2.38. The zero-order valence-corrected chi connectivity index (χ0v) is 21.7. The van der Waals surface area contributed by atoms with Crippen LogP contribution in [0.15, 0.2) is 65.9 Å². The molecule has 2 fully saturated rings. The van der Waals surface area contributed by atoms with Gasteiger partial charge >= 0.3 is 6.09 Å². The zero-order valence-electron chi connectivity index (χ0n) is 21.7. The summed E-state index contributed by atoms with van der Waals surface area (Å²) in [6, 6.07) is 16.1. The largest absolute Gasteiger partial charge is 0.511 e. The van der Waals surface area contributed by atoms with Crippen molar-refractivity contribution in [1.82, 2.24) is 4.90 Å². The lowest BCUT2D eigenvalue weighted by Gasteiger charge is -2.46. The molecule has 3 aliphatic heterocycles. The summed E-state index contributed by atoms with van der Waals surface area (Å²) in [6.07, 6.45) is 8.56. The highest BCUT2D eigenvalue weighted by Gasteiger charge is 2.48. The number of para-hydroxylation sites is 1. The van der Waals surface area contributed by atoms with Gasteiger partial charge in [0.15, 0.2) is 6.61 Å². The molecule has 2 N–H and O–H groups in total. The molecule has 5 rings (SSSR count). The number of benzene rings is 2. The third kappa shape index (κ3) is 5.41. The number of anilines is 3. The van der Waals surface area contributed by atoms with Crippen LogP contribution >= 0.6 is 0 Å². The molecule has 0 aromatic heterocycles. The number of nitrogens with zero attached hydrogens (tertiary/aromatic N) is 3. The van der Waals surface area contributed by atoms with E-state index in [1.807, 2.05) is 30.3 Å². The van der Waals surface area contributed by atoms with E-state index in [2.05, 4.69) is 16.1 Å². The van der Waals surface area contributed by atoms with Crippen molar-refractivity contribution in [2.75, 3.05) is 47.9 Å². The van der Waals surface area contributed by atoms with Crippen LogP contribution in [0.25, 0.3) is 0 Å². The van der Waals surface area contributed by atoms with E-state index in [-0.39, 0.29) is 24.5 Å². The standard InChI is InChI=1S/C30H32N4O5/c1-2-19-39-30(38)33-18-15-25-24(20-33)27(35)26(28(36)31-21-9-5-3-6-10-21)29(37)34(25)23-13-11-22(12-14-23)32-16-7-4-8-17-32/h1,3,5-6,9-14,24-25,35H,4,7-8,15-20H2,(H,31,36)/t24-,25-/m1/s1. The highest BCUT2D eigenvalue weighted by atomic mass is 16.6. The van der Waals surface area contributed by atoms with Gasteiger partial charge in [0.25, 0.3) is 11.8 Å². The lowest BCUT2D eigenvalue weighted by molar-refractivity contribution is -0.121. The second kappa shape index (κ2) is 11.5. The highest BCUT2D eigenvalue weighted by molar-refractivity contribution is 6.28. The molecule has 3 aliphatic rings. The van der Waals surface area contributed by atoms with E-state index in [1.54, 1.807) is 29.2 Å². The maximum atomic E-state index is 13.9. The maximum Gasteiger partial charge on any atom is 0.410 e. The van der Waals surface area contributed by atoms with Crippen molar-refractivity contribution >= 4 is 35.0 Å². The molecule has 9 nitrogen and oxygen atoms in total. The summed E-state index contributed by atoms with van der Waals surface area (Å²) in [7, 11) is 0. The number of hydrogen-bond donors (Lipinski definition) is 2. The number of carbonyl (C=O) groups excluding carboxylic acids is 3. The number of carbonyl (C=O) groups is 3. The second-order valence-corrected chi connectivity index (χ2v) is 9.99. The predicted octanol–water partition coefficient (Wildman–Crippen LogP) is 3.93. The quantitative estimate of drug-likeness (QED) is 0.450. The molecule has 0 saturated carbocycles. The summed E-state index contributed by atoms with van der Waals surface area (Å²) < 4.78 is 5.09. The first-order valence-corrected chi connectivity index (χ1v) is 13.3. The Morgan fingerprint density at radius 2 is 1.69 bits per heavy atom. The van der Waals surface area contributed by atoms with E-state index in [0.717, 1.165) is 31.6 Å². The van der Waals surface area contributed by atoms with E-state index in [4.69, 9.17) is 11.2 Å². The van der Waals surface area contributed by atoms with Crippen molar-refractivity contribution in [3.63, 3.8) is 0 Å². The zero-order chi connectivity index (χ0) is 27.4. The number of piperidine rings is 2. The normalized spacial score (nSPS) is 21.2. The molecular formula is C30H32N4O5. The van der Waals surface area contributed by atoms with E-state index in [1.165, 1.54) is 11.3 Å². The van der Waals surface area contributed by atoms with Gasteiger partial charge in [-0.15, -0.1) is 6.42 Å². The van der Waals surface area contributed by atoms with Crippen molar-refractivity contribution in [3.05, 3.63) is 65.9 Å². The number of likely N-dealkylation sites (tertiary alicyclic amines) is 1. The van der Waals surface area contributed by atoms with Crippen molar-refractivity contribution < 1.29 is 24.2 Å². The number of aliphatic hydroxyl groups is 1. The lowest BCUT2D eigenvalue weighted by Crippen LogP contribution is -2.59. The number of fused-ring (bicyclic) bond motifs is 1. The van der Waals surface area contributed by atoms with Crippen LogP contribution < -0.4 is 15.1 Å². The number of aliphatic hydroxyl groups excluding tert-OH is 1. The molecule has 0 unspecified atom stereocenters. The Balaban J connectivity index is 1.47. The van der Waals surface area contributed by atoms with Gasteiger partial charge in [0.1, 0.15) is 11.3 Å². The minimum Gasteiger partial charge on any atom is -0.511 e. The fourth-order valence-electron chi connectivity index (χ4n) is 5.66. The molecule has 3 amide bonds. The van der Waals surface area contributed by atoms with Crippen LogP contribution in [0.2, 0.25) is 0 Å². The summed E-state index contributed by atoms with van der Waals surface area (Å²) >= 11 is 0. The van der Waals surface area contributed by atoms with Crippen LogP contribution in [-0.2, 0) is 14.3 Å². The third-order valence-electron chi connectivity index (χ3n) is 7.59. The summed E-state index contributed by atoms with van der Waals surface area (Å²) in [5, 5.41) is 14.0. The first kappa shape index (κ1) is 26.2. The Morgan fingerprint density at radius 3 is 2.38 bits per heavy atom. The number of nitrogens with one attached hydrogen (secondary N) is 1. The van der Waals surface area contributed by atoms with Gasteiger partial charge in [0, 0.05) is 43.2 Å². The van der Waals surface area contributed by atoms with Gasteiger partial charge in [0.2, 0.25) is 0 Å². The first-order chi connectivity index (χ1) is 19.0. The number of ether oxygens (including phenoxy) is 1. The SMILES string of the molecule is C#CCOC(=O)N1CC[C@@H]2[C@@H](C1)C(O)=C(C(=O)Nc1ccccc1)C(=O)N2c1ccc(N2CCCCC2)cc1.